The van der Waals surface area contributed by atoms with Crippen molar-refractivity contribution in [3.05, 3.63) is 59.2 Å². The minimum Gasteiger partial charge on any atom is -0.381 e. The molecule has 0 saturated heterocycles. The third-order valence-corrected chi connectivity index (χ3v) is 5.85. The molecule has 2 aromatic carbocycles. The van der Waals surface area contributed by atoms with Crippen molar-refractivity contribution in [2.45, 2.75) is 0 Å². The highest BCUT2D eigenvalue weighted by Crippen LogP contribution is 2.23. The molecular formula is C13H6F6O6S2. The summed E-state index contributed by atoms with van der Waals surface area (Å²) in [5.74, 6) is -13.2. The molecule has 6 nitrogen and oxygen atoms in total. The van der Waals surface area contributed by atoms with E-state index in [2.05, 4.69) is 8.37 Å². The summed E-state index contributed by atoms with van der Waals surface area (Å²) in [6.07, 6.45) is 0. The van der Waals surface area contributed by atoms with Crippen LogP contribution in [-0.4, -0.2) is 21.9 Å². The summed E-state index contributed by atoms with van der Waals surface area (Å²) in [4.78, 5) is 0. The summed E-state index contributed by atoms with van der Waals surface area (Å²) >= 11 is 0. The molecule has 148 valence electrons. The average Bonchev–Trinajstić information content (AvgIpc) is 2.47. The second-order valence-corrected chi connectivity index (χ2v) is 8.31. The Morgan fingerprint density at radius 3 is 1.11 bits per heavy atom. The average molecular weight is 436 g/mol. The molecule has 14 heteroatoms. The highest BCUT2D eigenvalue weighted by Gasteiger charge is 2.28. The smallest absolute Gasteiger partial charge is 0.327 e. The van der Waals surface area contributed by atoms with Crippen molar-refractivity contribution in [2.24, 2.45) is 0 Å². The van der Waals surface area contributed by atoms with Crippen LogP contribution in [0.25, 0.3) is 0 Å². The van der Waals surface area contributed by atoms with Crippen LogP contribution in [0.3, 0.4) is 0 Å². The molecule has 2 rings (SSSR count). The van der Waals surface area contributed by atoms with E-state index >= 15 is 0 Å². The van der Waals surface area contributed by atoms with Gasteiger partial charge >= 0.3 is 20.2 Å². The number of halogens is 6. The third kappa shape index (κ3) is 5.26. The second kappa shape index (κ2) is 7.26. The molecule has 0 aliphatic rings. The van der Waals surface area contributed by atoms with Crippen molar-refractivity contribution in [3.8, 4) is 11.5 Å². The first-order valence-electron chi connectivity index (χ1n) is 6.43. The minimum absolute atomic E-state index is 0.133. The van der Waals surface area contributed by atoms with Gasteiger partial charge in [0.2, 0.25) is 5.08 Å². The Kier molecular flexibility index (Phi) is 5.60. The van der Waals surface area contributed by atoms with Gasteiger partial charge in [0.05, 0.1) is 0 Å². The quantitative estimate of drug-likeness (QED) is 0.393. The highest BCUT2D eigenvalue weighted by molar-refractivity contribution is 8.04. The Morgan fingerprint density at radius 1 is 0.593 bits per heavy atom. The molecule has 0 N–H and O–H groups in total. The van der Waals surface area contributed by atoms with Gasteiger partial charge in [-0.2, -0.15) is 16.8 Å². The van der Waals surface area contributed by atoms with Crippen molar-refractivity contribution >= 4 is 20.2 Å². The van der Waals surface area contributed by atoms with E-state index in [0.717, 1.165) is 0 Å². The number of rotatable bonds is 6. The molecule has 0 spiro atoms. The fourth-order valence-corrected chi connectivity index (χ4v) is 4.26. The summed E-state index contributed by atoms with van der Waals surface area (Å²) < 4.78 is 133. The summed E-state index contributed by atoms with van der Waals surface area (Å²) in [6.45, 7) is 0. The van der Waals surface area contributed by atoms with Gasteiger partial charge in [0, 0.05) is 24.3 Å². The van der Waals surface area contributed by atoms with Gasteiger partial charge in [0.1, 0.15) is 11.5 Å². The lowest BCUT2D eigenvalue weighted by molar-refractivity contribution is 0.430. The van der Waals surface area contributed by atoms with Crippen LogP contribution in [0.2, 0.25) is 0 Å². The van der Waals surface area contributed by atoms with E-state index in [-0.39, 0.29) is 24.3 Å². The Bertz CT molecular complexity index is 967. The molecule has 0 saturated carbocycles. The maximum atomic E-state index is 13.0. The van der Waals surface area contributed by atoms with Crippen molar-refractivity contribution in [1.82, 2.24) is 0 Å². The molecule has 0 aliphatic heterocycles. The largest absolute Gasteiger partial charge is 0.381 e. The summed E-state index contributed by atoms with van der Waals surface area (Å²) in [7, 11) is -10.2. The number of hydrogen-bond acceptors (Lipinski definition) is 6. The standard InChI is InChI=1S/C13H6F6O6S2/c14-8-1-6(2-9(15)12(8)18)24-26(20,21)5-27(22,23)25-7-3-10(16)13(19)11(17)4-7/h1-4H,5H2. The van der Waals surface area contributed by atoms with Crippen molar-refractivity contribution in [1.29, 1.82) is 0 Å². The predicted octanol–water partition coefficient (Wildman–Crippen LogP) is 2.60. The minimum atomic E-state index is -5.12. The Morgan fingerprint density at radius 2 is 0.852 bits per heavy atom. The van der Waals surface area contributed by atoms with Gasteiger partial charge in [0.15, 0.2) is 34.9 Å². The fourth-order valence-electron chi connectivity index (χ4n) is 1.68. The third-order valence-electron chi connectivity index (χ3n) is 2.65. The molecule has 0 aliphatic carbocycles. The van der Waals surface area contributed by atoms with E-state index < -0.39 is 71.7 Å². The Balaban J connectivity index is 2.21. The van der Waals surface area contributed by atoms with Crippen molar-refractivity contribution < 1.29 is 51.5 Å². The first-order chi connectivity index (χ1) is 12.3. The van der Waals surface area contributed by atoms with E-state index in [4.69, 9.17) is 0 Å². The van der Waals surface area contributed by atoms with Crippen LogP contribution in [-0.2, 0) is 20.2 Å². The molecule has 2 aromatic rings. The van der Waals surface area contributed by atoms with Gasteiger partial charge in [-0.05, 0) is 0 Å². The molecule has 0 amide bonds. The lowest BCUT2D eigenvalue weighted by Crippen LogP contribution is -2.25. The molecule has 27 heavy (non-hydrogen) atoms. The molecule has 0 fully saturated rings. The fraction of sp³-hybridized carbons (Fsp3) is 0.0769. The van der Waals surface area contributed by atoms with Crippen LogP contribution in [0.1, 0.15) is 0 Å². The molecule has 0 atom stereocenters. The van der Waals surface area contributed by atoms with Gasteiger partial charge in [-0.1, -0.05) is 0 Å². The lowest BCUT2D eigenvalue weighted by Gasteiger charge is -2.10. The van der Waals surface area contributed by atoms with Gasteiger partial charge < -0.3 is 8.37 Å². The zero-order valence-electron chi connectivity index (χ0n) is 12.6. The zero-order valence-corrected chi connectivity index (χ0v) is 14.2. The Hall–Kier alpha value is -2.48. The van der Waals surface area contributed by atoms with Crippen molar-refractivity contribution in [3.63, 3.8) is 0 Å². The van der Waals surface area contributed by atoms with Crippen LogP contribution in [0.15, 0.2) is 24.3 Å². The SMILES string of the molecule is O=S(=O)(CS(=O)(=O)Oc1cc(F)c(F)c(F)c1)Oc1cc(F)c(F)c(F)c1. The molecule has 0 radical (unpaired) electrons. The van der Waals surface area contributed by atoms with Crippen LogP contribution in [0, 0.1) is 34.9 Å². The monoisotopic (exact) mass is 436 g/mol. The van der Waals surface area contributed by atoms with E-state index in [9.17, 15) is 43.2 Å². The van der Waals surface area contributed by atoms with Crippen molar-refractivity contribution in [2.75, 3.05) is 5.08 Å². The zero-order chi connectivity index (χ0) is 20.6. The van der Waals surface area contributed by atoms with Crippen LogP contribution < -0.4 is 8.37 Å². The van der Waals surface area contributed by atoms with E-state index in [1.165, 1.54) is 0 Å². The van der Waals surface area contributed by atoms with Crippen LogP contribution in [0.4, 0.5) is 26.3 Å². The van der Waals surface area contributed by atoms with Crippen LogP contribution in [0.5, 0.6) is 11.5 Å². The first kappa shape index (κ1) is 20.8. The first-order valence-corrected chi connectivity index (χ1v) is 9.58. The van der Waals surface area contributed by atoms with Gasteiger partial charge in [0.25, 0.3) is 0 Å². The maximum Gasteiger partial charge on any atom is 0.327 e. The molecule has 0 bridgehead atoms. The molecule has 0 aromatic heterocycles. The summed E-state index contributed by atoms with van der Waals surface area (Å²) in [5, 5.41) is -1.96. The van der Waals surface area contributed by atoms with E-state index in [0.29, 0.717) is 0 Å². The van der Waals surface area contributed by atoms with Gasteiger partial charge in [-0.25, -0.2) is 26.3 Å². The van der Waals surface area contributed by atoms with Gasteiger partial charge in [-0.3, -0.25) is 0 Å². The topological polar surface area (TPSA) is 86.7 Å². The second-order valence-electron chi connectivity index (χ2n) is 4.80. The van der Waals surface area contributed by atoms with Gasteiger partial charge in [-0.15, -0.1) is 0 Å². The molecular weight excluding hydrogens is 430 g/mol. The van der Waals surface area contributed by atoms with E-state index in [1.54, 1.807) is 0 Å². The Labute approximate surface area is 148 Å². The predicted molar refractivity (Wildman–Crippen MR) is 76.6 cm³/mol. The number of benzene rings is 2. The lowest BCUT2D eigenvalue weighted by atomic mass is 10.3. The molecule has 0 unspecified atom stereocenters. The molecule has 0 heterocycles. The summed E-state index contributed by atoms with van der Waals surface area (Å²) in [5.41, 5.74) is 0. The number of hydrogen-bond donors (Lipinski definition) is 0. The summed E-state index contributed by atoms with van der Waals surface area (Å²) in [6, 6.07) is 0.532. The van der Waals surface area contributed by atoms with E-state index in [1.807, 2.05) is 0 Å². The normalized spacial score (nSPS) is 12.1. The highest BCUT2D eigenvalue weighted by atomic mass is 32.3. The maximum absolute atomic E-state index is 13.0. The van der Waals surface area contributed by atoms with Crippen LogP contribution >= 0.6 is 0 Å².